The summed E-state index contributed by atoms with van der Waals surface area (Å²) < 4.78 is 5.36. The number of likely N-dealkylation sites (tertiary alicyclic amines) is 1. The number of nitrogens with zero attached hydrogens (tertiary/aromatic N) is 3. The molecule has 130 valence electrons. The molecule has 1 aromatic heterocycles. The highest BCUT2D eigenvalue weighted by Gasteiger charge is 2.34. The molecule has 2 heterocycles. The number of hydrogen-bond donors (Lipinski definition) is 0. The van der Waals surface area contributed by atoms with Crippen LogP contribution in [0.1, 0.15) is 17.4 Å². The van der Waals surface area contributed by atoms with Crippen LogP contribution in [0.4, 0.5) is 0 Å². The minimum atomic E-state index is -0.0142. The number of halogens is 1. The lowest BCUT2D eigenvalue weighted by atomic mass is 10.00. The molecular formula is C20H16ClN3O2. The molecule has 1 amide bonds. The summed E-state index contributed by atoms with van der Waals surface area (Å²) in [5, 5.41) is 4.64. The molecule has 0 atom stereocenters. The maximum absolute atomic E-state index is 12.2. The van der Waals surface area contributed by atoms with Crippen molar-refractivity contribution in [2.45, 2.75) is 5.92 Å². The van der Waals surface area contributed by atoms with Crippen LogP contribution in [0.3, 0.4) is 0 Å². The number of benzene rings is 2. The molecular weight excluding hydrogens is 350 g/mol. The van der Waals surface area contributed by atoms with Gasteiger partial charge in [-0.3, -0.25) is 4.79 Å². The van der Waals surface area contributed by atoms with E-state index in [2.05, 4.69) is 10.1 Å². The van der Waals surface area contributed by atoms with Crippen molar-refractivity contribution in [1.29, 1.82) is 0 Å². The zero-order valence-corrected chi connectivity index (χ0v) is 14.6. The molecule has 0 bridgehead atoms. The predicted octanol–water partition coefficient (Wildman–Crippen LogP) is 4.03. The second kappa shape index (κ2) is 7.14. The van der Waals surface area contributed by atoms with Crippen LogP contribution in [0.5, 0.6) is 0 Å². The van der Waals surface area contributed by atoms with E-state index < -0.39 is 0 Å². The molecule has 0 aliphatic carbocycles. The van der Waals surface area contributed by atoms with Crippen molar-refractivity contribution >= 4 is 23.6 Å². The number of rotatable bonds is 4. The molecule has 1 saturated heterocycles. The molecule has 0 saturated carbocycles. The second-order valence-electron chi connectivity index (χ2n) is 6.15. The van der Waals surface area contributed by atoms with Crippen LogP contribution in [0.15, 0.2) is 65.2 Å². The van der Waals surface area contributed by atoms with Crippen molar-refractivity contribution in [2.75, 3.05) is 13.1 Å². The summed E-state index contributed by atoms with van der Waals surface area (Å²) in [6, 6.07) is 17.1. The molecule has 4 rings (SSSR count). The SMILES string of the molecule is O=C(/C=C/c1ccccc1)N1CC(c2nc(-c3cccc(Cl)c3)no2)C1. The highest BCUT2D eigenvalue weighted by molar-refractivity contribution is 6.30. The lowest BCUT2D eigenvalue weighted by Crippen LogP contribution is -2.47. The molecule has 1 aliphatic heterocycles. The zero-order chi connectivity index (χ0) is 17.9. The van der Waals surface area contributed by atoms with Crippen LogP contribution >= 0.6 is 11.6 Å². The molecule has 26 heavy (non-hydrogen) atoms. The number of hydrogen-bond acceptors (Lipinski definition) is 4. The number of carbonyl (C=O) groups excluding carboxylic acids is 1. The van der Waals surface area contributed by atoms with Crippen molar-refractivity contribution in [3.05, 3.63) is 77.2 Å². The van der Waals surface area contributed by atoms with Gasteiger partial charge >= 0.3 is 0 Å². The van der Waals surface area contributed by atoms with Crippen molar-refractivity contribution in [3.8, 4) is 11.4 Å². The zero-order valence-electron chi connectivity index (χ0n) is 13.9. The Balaban J connectivity index is 1.36. The fraction of sp³-hybridized carbons (Fsp3) is 0.150. The molecule has 2 aromatic carbocycles. The lowest BCUT2D eigenvalue weighted by Gasteiger charge is -2.36. The summed E-state index contributed by atoms with van der Waals surface area (Å²) in [7, 11) is 0. The van der Waals surface area contributed by atoms with Gasteiger partial charge in [0.25, 0.3) is 0 Å². The van der Waals surface area contributed by atoms with Crippen LogP contribution < -0.4 is 0 Å². The van der Waals surface area contributed by atoms with Crippen LogP contribution in [0.2, 0.25) is 5.02 Å². The fourth-order valence-corrected chi connectivity index (χ4v) is 2.99. The average Bonchev–Trinajstić information content (AvgIpc) is 3.09. The summed E-state index contributed by atoms with van der Waals surface area (Å²) in [6.45, 7) is 1.16. The van der Waals surface area contributed by atoms with E-state index in [-0.39, 0.29) is 11.8 Å². The van der Waals surface area contributed by atoms with Gasteiger partial charge in [-0.05, 0) is 23.8 Å². The fourth-order valence-electron chi connectivity index (χ4n) is 2.80. The van der Waals surface area contributed by atoms with E-state index in [0.29, 0.717) is 29.8 Å². The van der Waals surface area contributed by atoms with Gasteiger partial charge in [0.2, 0.25) is 17.6 Å². The van der Waals surface area contributed by atoms with Gasteiger partial charge in [-0.15, -0.1) is 0 Å². The first-order chi connectivity index (χ1) is 12.7. The van der Waals surface area contributed by atoms with Crippen LogP contribution in [0.25, 0.3) is 17.5 Å². The van der Waals surface area contributed by atoms with Gasteiger partial charge in [-0.25, -0.2) is 0 Å². The topological polar surface area (TPSA) is 59.2 Å². The van der Waals surface area contributed by atoms with Gasteiger partial charge in [0.15, 0.2) is 0 Å². The highest BCUT2D eigenvalue weighted by atomic mass is 35.5. The van der Waals surface area contributed by atoms with E-state index in [1.807, 2.05) is 48.5 Å². The van der Waals surface area contributed by atoms with Gasteiger partial charge < -0.3 is 9.42 Å². The third-order valence-electron chi connectivity index (χ3n) is 4.28. The van der Waals surface area contributed by atoms with Gasteiger partial charge in [0, 0.05) is 29.8 Å². The summed E-state index contributed by atoms with van der Waals surface area (Å²) in [6.07, 6.45) is 3.41. The van der Waals surface area contributed by atoms with Crippen molar-refractivity contribution in [3.63, 3.8) is 0 Å². The van der Waals surface area contributed by atoms with E-state index in [9.17, 15) is 4.79 Å². The Hall–Kier alpha value is -2.92. The Morgan fingerprint density at radius 2 is 1.96 bits per heavy atom. The Labute approximate surface area is 155 Å². The van der Waals surface area contributed by atoms with Crippen LogP contribution in [-0.4, -0.2) is 34.0 Å². The Morgan fingerprint density at radius 1 is 1.15 bits per heavy atom. The Bertz CT molecular complexity index is 946. The van der Waals surface area contributed by atoms with Crippen LogP contribution in [0, 0.1) is 0 Å². The molecule has 0 radical (unpaired) electrons. The van der Waals surface area contributed by atoms with Gasteiger partial charge in [-0.2, -0.15) is 4.98 Å². The molecule has 0 spiro atoms. The quantitative estimate of drug-likeness (QED) is 0.655. The van der Waals surface area contributed by atoms with Crippen molar-refractivity contribution in [1.82, 2.24) is 15.0 Å². The number of amides is 1. The molecule has 1 aliphatic rings. The van der Waals surface area contributed by atoms with E-state index in [1.165, 1.54) is 0 Å². The van der Waals surface area contributed by atoms with Crippen molar-refractivity contribution in [2.24, 2.45) is 0 Å². The smallest absolute Gasteiger partial charge is 0.246 e. The summed E-state index contributed by atoms with van der Waals surface area (Å²) in [5.41, 5.74) is 1.81. The van der Waals surface area contributed by atoms with Gasteiger partial charge in [0.1, 0.15) is 0 Å². The van der Waals surface area contributed by atoms with Gasteiger partial charge in [-0.1, -0.05) is 59.2 Å². The molecule has 6 heteroatoms. The standard InChI is InChI=1S/C20H16ClN3O2/c21-17-8-4-7-15(11-17)19-22-20(26-23-19)16-12-24(13-16)18(25)10-9-14-5-2-1-3-6-14/h1-11,16H,12-13H2/b10-9+. The molecule has 3 aromatic rings. The van der Waals surface area contributed by atoms with E-state index in [4.69, 9.17) is 16.1 Å². The average molecular weight is 366 g/mol. The third kappa shape index (κ3) is 3.53. The highest BCUT2D eigenvalue weighted by Crippen LogP contribution is 2.28. The molecule has 5 nitrogen and oxygen atoms in total. The van der Waals surface area contributed by atoms with E-state index in [1.54, 1.807) is 23.1 Å². The Kier molecular flexibility index (Phi) is 4.54. The predicted molar refractivity (Wildman–Crippen MR) is 99.5 cm³/mol. The summed E-state index contributed by atoms with van der Waals surface area (Å²) >= 11 is 5.99. The van der Waals surface area contributed by atoms with Gasteiger partial charge in [0.05, 0.1) is 5.92 Å². The number of aromatic nitrogens is 2. The normalized spacial score (nSPS) is 14.6. The minimum Gasteiger partial charge on any atom is -0.339 e. The summed E-state index contributed by atoms with van der Waals surface area (Å²) in [4.78, 5) is 18.4. The maximum Gasteiger partial charge on any atom is 0.246 e. The number of carbonyl (C=O) groups is 1. The van der Waals surface area contributed by atoms with Crippen LogP contribution in [-0.2, 0) is 4.79 Å². The second-order valence-corrected chi connectivity index (χ2v) is 6.59. The largest absolute Gasteiger partial charge is 0.339 e. The first-order valence-electron chi connectivity index (χ1n) is 8.30. The molecule has 1 fully saturated rings. The monoisotopic (exact) mass is 365 g/mol. The lowest BCUT2D eigenvalue weighted by molar-refractivity contribution is -0.130. The summed E-state index contributed by atoms with van der Waals surface area (Å²) in [5.74, 6) is 1.12. The third-order valence-corrected chi connectivity index (χ3v) is 4.52. The maximum atomic E-state index is 12.2. The van der Waals surface area contributed by atoms with Crippen molar-refractivity contribution < 1.29 is 9.32 Å². The van der Waals surface area contributed by atoms with E-state index in [0.717, 1.165) is 11.1 Å². The molecule has 0 N–H and O–H groups in total. The first-order valence-corrected chi connectivity index (χ1v) is 8.68. The van der Waals surface area contributed by atoms with E-state index >= 15 is 0 Å². The Morgan fingerprint density at radius 3 is 2.73 bits per heavy atom. The molecule has 0 unspecified atom stereocenters. The first kappa shape index (κ1) is 16.5. The minimum absolute atomic E-state index is 0.0142.